The molecule has 0 fully saturated rings. The quantitative estimate of drug-likeness (QED) is 0.661. The first kappa shape index (κ1) is 16.1. The molecule has 0 atom stereocenters. The number of tetrazole rings is 1. The number of halogens is 1. The van der Waals surface area contributed by atoms with Gasteiger partial charge in [0.1, 0.15) is 17.3 Å². The summed E-state index contributed by atoms with van der Waals surface area (Å²) in [6.45, 7) is 4.59. The van der Waals surface area contributed by atoms with Crippen molar-refractivity contribution in [2.24, 2.45) is 0 Å². The fourth-order valence-corrected chi connectivity index (χ4v) is 2.38. The zero-order valence-corrected chi connectivity index (χ0v) is 13.8. The molecule has 0 spiro atoms. The van der Waals surface area contributed by atoms with Gasteiger partial charge in [-0.2, -0.15) is 4.80 Å². The van der Waals surface area contributed by atoms with Crippen LogP contribution in [-0.2, 0) is 13.1 Å². The van der Waals surface area contributed by atoms with E-state index >= 15 is 0 Å². The molecule has 7 nitrogen and oxygen atoms in total. The molecule has 0 amide bonds. The third kappa shape index (κ3) is 3.57. The first-order valence-corrected chi connectivity index (χ1v) is 7.62. The molecule has 0 saturated heterocycles. The molecule has 0 bridgehead atoms. The van der Waals surface area contributed by atoms with Crippen molar-refractivity contribution < 1.29 is 9.15 Å². The Labute approximate surface area is 143 Å². The summed E-state index contributed by atoms with van der Waals surface area (Å²) < 4.78 is 11.0. The monoisotopic (exact) mass is 345 g/mol. The molecule has 124 valence electrons. The Bertz CT molecular complexity index is 843. The van der Waals surface area contributed by atoms with Crippen LogP contribution in [0.3, 0.4) is 0 Å². The molecule has 0 aliphatic heterocycles. The predicted molar refractivity (Wildman–Crippen MR) is 91.0 cm³/mol. The fourth-order valence-electron chi connectivity index (χ4n) is 2.12. The van der Waals surface area contributed by atoms with Gasteiger partial charge in [0, 0.05) is 5.56 Å². The number of allylic oxidation sites excluding steroid dienone is 1. The van der Waals surface area contributed by atoms with Crippen LogP contribution in [-0.4, -0.2) is 27.3 Å². The van der Waals surface area contributed by atoms with Crippen LogP contribution in [0, 0.1) is 0 Å². The number of anilines is 1. The molecule has 3 rings (SSSR count). The number of hydrogen-bond acceptors (Lipinski definition) is 6. The largest absolute Gasteiger partial charge is 0.495 e. The van der Waals surface area contributed by atoms with Crippen LogP contribution in [0.2, 0.25) is 5.02 Å². The van der Waals surface area contributed by atoms with E-state index < -0.39 is 0 Å². The SMILES string of the molecule is C=CCn1nnc(NCc2ccc(-c3ccc(OC)c(Cl)c3)o2)n1. The van der Waals surface area contributed by atoms with E-state index in [0.29, 0.717) is 29.8 Å². The number of nitrogens with zero attached hydrogens (tertiary/aromatic N) is 4. The van der Waals surface area contributed by atoms with Gasteiger partial charge in [-0.3, -0.25) is 0 Å². The molecule has 0 unspecified atom stereocenters. The van der Waals surface area contributed by atoms with Gasteiger partial charge in [0.15, 0.2) is 0 Å². The van der Waals surface area contributed by atoms with Gasteiger partial charge in [-0.05, 0) is 35.5 Å². The topological polar surface area (TPSA) is 78.0 Å². The highest BCUT2D eigenvalue weighted by Gasteiger charge is 2.09. The van der Waals surface area contributed by atoms with Crippen molar-refractivity contribution >= 4 is 17.5 Å². The third-order valence-electron chi connectivity index (χ3n) is 3.26. The highest BCUT2D eigenvalue weighted by atomic mass is 35.5. The first-order valence-electron chi connectivity index (χ1n) is 7.25. The van der Waals surface area contributed by atoms with Gasteiger partial charge in [0.25, 0.3) is 5.95 Å². The summed E-state index contributed by atoms with van der Waals surface area (Å²) in [7, 11) is 1.58. The van der Waals surface area contributed by atoms with Gasteiger partial charge in [0.05, 0.1) is 25.2 Å². The van der Waals surface area contributed by atoms with Gasteiger partial charge < -0.3 is 14.5 Å². The number of ether oxygens (including phenoxy) is 1. The molecular weight excluding hydrogens is 330 g/mol. The van der Waals surface area contributed by atoms with Gasteiger partial charge >= 0.3 is 0 Å². The van der Waals surface area contributed by atoms with E-state index in [1.165, 1.54) is 4.80 Å². The Morgan fingerprint density at radius 3 is 3.00 bits per heavy atom. The average molecular weight is 346 g/mol. The zero-order valence-electron chi connectivity index (χ0n) is 13.1. The summed E-state index contributed by atoms with van der Waals surface area (Å²) in [6, 6.07) is 9.27. The third-order valence-corrected chi connectivity index (χ3v) is 3.56. The van der Waals surface area contributed by atoms with E-state index in [9.17, 15) is 0 Å². The maximum absolute atomic E-state index is 6.14. The Morgan fingerprint density at radius 1 is 1.38 bits per heavy atom. The van der Waals surface area contributed by atoms with Gasteiger partial charge in [-0.15, -0.1) is 11.7 Å². The highest BCUT2D eigenvalue weighted by Crippen LogP contribution is 2.31. The number of furan rings is 1. The van der Waals surface area contributed by atoms with Gasteiger partial charge in [-0.25, -0.2) is 0 Å². The normalized spacial score (nSPS) is 10.6. The van der Waals surface area contributed by atoms with Crippen molar-refractivity contribution in [3.8, 4) is 17.1 Å². The summed E-state index contributed by atoms with van der Waals surface area (Å²) >= 11 is 6.14. The Morgan fingerprint density at radius 2 is 2.25 bits per heavy atom. The van der Waals surface area contributed by atoms with Crippen LogP contribution < -0.4 is 10.1 Å². The number of benzene rings is 1. The lowest BCUT2D eigenvalue weighted by Gasteiger charge is -2.04. The molecule has 0 radical (unpaired) electrons. The zero-order chi connectivity index (χ0) is 16.9. The Balaban J connectivity index is 1.66. The fraction of sp³-hybridized carbons (Fsp3) is 0.188. The van der Waals surface area contributed by atoms with Crippen molar-refractivity contribution in [1.82, 2.24) is 20.2 Å². The summed E-state index contributed by atoms with van der Waals surface area (Å²) in [4.78, 5) is 1.45. The Hall–Kier alpha value is -2.80. The number of rotatable bonds is 7. The number of hydrogen-bond donors (Lipinski definition) is 1. The molecular formula is C16H16ClN5O2. The number of nitrogens with one attached hydrogen (secondary N) is 1. The number of methoxy groups -OCH3 is 1. The first-order chi connectivity index (χ1) is 11.7. The predicted octanol–water partition coefficient (Wildman–Crippen LogP) is 3.39. The van der Waals surface area contributed by atoms with E-state index in [1.807, 2.05) is 18.2 Å². The molecule has 0 aliphatic carbocycles. The van der Waals surface area contributed by atoms with Crippen LogP contribution >= 0.6 is 11.6 Å². The average Bonchev–Trinajstić information content (AvgIpc) is 3.22. The minimum absolute atomic E-state index is 0.433. The minimum Gasteiger partial charge on any atom is -0.495 e. The second-order valence-corrected chi connectivity index (χ2v) is 5.33. The molecule has 3 aromatic rings. The molecule has 1 aromatic carbocycles. The van der Waals surface area contributed by atoms with Crippen LogP contribution in [0.1, 0.15) is 5.76 Å². The van der Waals surface area contributed by atoms with Crippen molar-refractivity contribution in [1.29, 1.82) is 0 Å². The molecule has 2 aromatic heterocycles. The molecule has 0 saturated carbocycles. The second-order valence-electron chi connectivity index (χ2n) is 4.93. The molecule has 1 N–H and O–H groups in total. The van der Waals surface area contributed by atoms with E-state index in [4.69, 9.17) is 20.8 Å². The van der Waals surface area contributed by atoms with Gasteiger partial charge in [0.2, 0.25) is 0 Å². The maximum atomic E-state index is 6.14. The maximum Gasteiger partial charge on any atom is 0.263 e. The Kier molecular flexibility index (Phi) is 4.81. The smallest absolute Gasteiger partial charge is 0.263 e. The lowest BCUT2D eigenvalue weighted by atomic mass is 10.2. The molecule has 2 heterocycles. The number of aromatic nitrogens is 4. The van der Waals surface area contributed by atoms with Crippen molar-refractivity contribution in [2.75, 3.05) is 12.4 Å². The van der Waals surface area contributed by atoms with Crippen LogP contribution in [0.15, 0.2) is 47.4 Å². The summed E-state index contributed by atoms with van der Waals surface area (Å²) in [6.07, 6.45) is 1.70. The summed E-state index contributed by atoms with van der Waals surface area (Å²) in [5.41, 5.74) is 0.877. The molecule has 8 heteroatoms. The van der Waals surface area contributed by atoms with E-state index in [2.05, 4.69) is 27.3 Å². The van der Waals surface area contributed by atoms with Crippen molar-refractivity contribution in [3.63, 3.8) is 0 Å². The second kappa shape index (κ2) is 7.18. The van der Waals surface area contributed by atoms with Crippen molar-refractivity contribution in [2.45, 2.75) is 13.1 Å². The van der Waals surface area contributed by atoms with Gasteiger partial charge in [-0.1, -0.05) is 22.8 Å². The van der Waals surface area contributed by atoms with E-state index in [-0.39, 0.29) is 0 Å². The lowest BCUT2D eigenvalue weighted by Crippen LogP contribution is -2.02. The molecule has 24 heavy (non-hydrogen) atoms. The summed E-state index contributed by atoms with van der Waals surface area (Å²) in [5, 5.41) is 15.5. The van der Waals surface area contributed by atoms with E-state index in [0.717, 1.165) is 17.1 Å². The van der Waals surface area contributed by atoms with Crippen LogP contribution in [0.4, 0.5) is 5.95 Å². The summed E-state index contributed by atoms with van der Waals surface area (Å²) in [5.74, 6) is 2.53. The minimum atomic E-state index is 0.433. The van der Waals surface area contributed by atoms with Crippen molar-refractivity contribution in [3.05, 3.63) is 53.8 Å². The van der Waals surface area contributed by atoms with Crippen LogP contribution in [0.5, 0.6) is 5.75 Å². The lowest BCUT2D eigenvalue weighted by molar-refractivity contribution is 0.415. The highest BCUT2D eigenvalue weighted by molar-refractivity contribution is 6.32. The van der Waals surface area contributed by atoms with E-state index in [1.54, 1.807) is 25.3 Å². The standard InChI is InChI=1S/C16H16ClN5O2/c1-3-8-22-20-16(19-21-22)18-10-12-5-7-14(24-12)11-4-6-15(23-2)13(17)9-11/h3-7,9H,1,8,10H2,2H3,(H,18,20). The molecule has 0 aliphatic rings. The van der Waals surface area contributed by atoms with Crippen LogP contribution in [0.25, 0.3) is 11.3 Å².